The zero-order valence-electron chi connectivity index (χ0n) is 14.2. The molecule has 4 aliphatic carbocycles. The summed E-state index contributed by atoms with van der Waals surface area (Å²) in [6.07, 6.45) is 2.25. The average Bonchev–Trinajstić information content (AvgIpc) is 3.36. The number of halogens is 2. The summed E-state index contributed by atoms with van der Waals surface area (Å²) < 4.78 is 75.5. The van der Waals surface area contributed by atoms with Crippen LogP contribution in [0.15, 0.2) is 0 Å². The lowest BCUT2D eigenvalue weighted by molar-refractivity contribution is -0.247. The third kappa shape index (κ3) is 2.85. The van der Waals surface area contributed by atoms with Crippen LogP contribution in [0.4, 0.5) is 8.78 Å². The summed E-state index contributed by atoms with van der Waals surface area (Å²) in [5, 5.41) is -5.08. The maximum Gasteiger partial charge on any atom is 0.428 e. The summed E-state index contributed by atoms with van der Waals surface area (Å²) in [5.41, 5.74) is -0.643. The van der Waals surface area contributed by atoms with Gasteiger partial charge in [0.2, 0.25) is 0 Å². The molecule has 26 heavy (non-hydrogen) atoms. The molecule has 5 fully saturated rings. The highest BCUT2D eigenvalue weighted by Gasteiger charge is 2.63. The number of ether oxygens (including phenoxy) is 3. The summed E-state index contributed by atoms with van der Waals surface area (Å²) >= 11 is 0. The monoisotopic (exact) mass is 395 g/mol. The first-order valence-corrected chi connectivity index (χ1v) is 10.2. The number of hydrogen-bond donors (Lipinski definition) is 0. The quantitative estimate of drug-likeness (QED) is 0.379. The molecule has 0 amide bonds. The van der Waals surface area contributed by atoms with Gasteiger partial charge in [-0.1, -0.05) is 0 Å². The van der Waals surface area contributed by atoms with Crippen LogP contribution in [0.2, 0.25) is 0 Å². The summed E-state index contributed by atoms with van der Waals surface area (Å²) in [6.45, 7) is 2.93. The molecule has 7 atom stereocenters. The minimum Gasteiger partial charge on any atom is -0.743 e. The predicted molar refractivity (Wildman–Crippen MR) is 81.0 cm³/mol. The molecule has 7 unspecified atom stereocenters. The van der Waals surface area contributed by atoms with Crippen molar-refractivity contribution in [1.82, 2.24) is 0 Å². The Kier molecular flexibility index (Phi) is 4.15. The van der Waals surface area contributed by atoms with Gasteiger partial charge in [-0.05, 0) is 50.4 Å². The topological polar surface area (TPSA) is 105 Å². The van der Waals surface area contributed by atoms with Gasteiger partial charge in [0, 0.05) is 5.92 Å². The van der Waals surface area contributed by atoms with Crippen molar-refractivity contribution in [3.63, 3.8) is 0 Å². The third-order valence-corrected chi connectivity index (χ3v) is 7.41. The largest absolute Gasteiger partial charge is 0.743 e. The van der Waals surface area contributed by atoms with Crippen molar-refractivity contribution in [1.29, 1.82) is 0 Å². The minimum absolute atomic E-state index is 0.0416. The first kappa shape index (κ1) is 18.5. The Morgan fingerprint density at radius 2 is 2.00 bits per heavy atom. The van der Waals surface area contributed by atoms with Gasteiger partial charge in [-0.2, -0.15) is 8.78 Å². The lowest BCUT2D eigenvalue weighted by Gasteiger charge is -2.62. The molecule has 4 bridgehead atoms. The highest BCUT2D eigenvalue weighted by molar-refractivity contribution is 7.87. The van der Waals surface area contributed by atoms with E-state index in [1.165, 1.54) is 0 Å². The van der Waals surface area contributed by atoms with Crippen molar-refractivity contribution < 1.29 is 40.8 Å². The van der Waals surface area contributed by atoms with E-state index >= 15 is 0 Å². The van der Waals surface area contributed by atoms with E-state index < -0.39 is 33.0 Å². The number of epoxide rings is 1. The molecule has 0 aromatic rings. The van der Waals surface area contributed by atoms with Crippen LogP contribution in [0.3, 0.4) is 0 Å². The Bertz CT molecular complexity index is 707. The summed E-state index contributed by atoms with van der Waals surface area (Å²) in [6, 6.07) is 0. The van der Waals surface area contributed by atoms with Crippen molar-refractivity contribution in [3.8, 4) is 0 Å². The van der Waals surface area contributed by atoms with Gasteiger partial charge in [0.05, 0.1) is 18.8 Å². The van der Waals surface area contributed by atoms with Gasteiger partial charge < -0.3 is 18.8 Å². The van der Waals surface area contributed by atoms with Crippen LogP contribution in [-0.4, -0.2) is 55.2 Å². The molecule has 1 aliphatic heterocycles. The van der Waals surface area contributed by atoms with Gasteiger partial charge >= 0.3 is 11.2 Å². The second kappa shape index (κ2) is 5.83. The van der Waals surface area contributed by atoms with E-state index in [2.05, 4.69) is 0 Å². The number of carbonyl (C=O) groups is 1. The molecule has 1 heterocycles. The highest BCUT2D eigenvalue weighted by atomic mass is 32.2. The SMILES string of the molecule is CC1(OCC2CO2)C2CC3CC(C2)C(OC(=O)C(F)(F)S(=O)(=O)[O-])C1C3. The second-order valence-electron chi connectivity index (χ2n) is 8.16. The van der Waals surface area contributed by atoms with Crippen LogP contribution >= 0.6 is 0 Å². The van der Waals surface area contributed by atoms with E-state index in [0.717, 1.165) is 12.8 Å². The van der Waals surface area contributed by atoms with E-state index in [-0.39, 0.29) is 23.9 Å². The van der Waals surface area contributed by atoms with Gasteiger partial charge in [0.1, 0.15) is 12.2 Å². The Hall–Kier alpha value is -0.840. The lowest BCUT2D eigenvalue weighted by Crippen LogP contribution is -2.64. The molecule has 0 aromatic carbocycles. The number of rotatable bonds is 6. The standard InChI is InChI=1S/C16H22F2O7S/c1-15(24-7-11-6-23-11)10-3-8-2-9(5-10)13(12(15)4-8)25-14(19)16(17,18)26(20,21)22/h8-13H,2-7H2,1H3,(H,20,21,22)/p-1. The zero-order valence-corrected chi connectivity index (χ0v) is 15.0. The van der Waals surface area contributed by atoms with Gasteiger partial charge in [0.15, 0.2) is 10.1 Å². The van der Waals surface area contributed by atoms with E-state index in [9.17, 15) is 26.5 Å². The smallest absolute Gasteiger partial charge is 0.428 e. The molecular weight excluding hydrogens is 374 g/mol. The van der Waals surface area contributed by atoms with E-state index in [1.54, 1.807) is 0 Å². The average molecular weight is 395 g/mol. The van der Waals surface area contributed by atoms with Gasteiger partial charge in [-0.15, -0.1) is 0 Å². The fourth-order valence-corrected chi connectivity index (χ4v) is 5.48. The molecule has 0 aromatic heterocycles. The van der Waals surface area contributed by atoms with Crippen molar-refractivity contribution in [2.24, 2.45) is 23.7 Å². The Morgan fingerprint density at radius 1 is 1.31 bits per heavy atom. The highest BCUT2D eigenvalue weighted by Crippen LogP contribution is 2.60. The molecule has 5 rings (SSSR count). The van der Waals surface area contributed by atoms with Crippen molar-refractivity contribution >= 4 is 16.1 Å². The first-order valence-electron chi connectivity index (χ1n) is 8.82. The number of esters is 1. The van der Waals surface area contributed by atoms with Crippen LogP contribution in [0.1, 0.15) is 32.6 Å². The Balaban J connectivity index is 1.55. The Labute approximate surface area is 150 Å². The molecule has 4 saturated carbocycles. The minimum atomic E-state index is -6.13. The molecule has 0 radical (unpaired) electrons. The van der Waals surface area contributed by atoms with Crippen molar-refractivity contribution in [3.05, 3.63) is 0 Å². The molecule has 5 aliphatic rings. The molecule has 0 N–H and O–H groups in total. The van der Waals surface area contributed by atoms with E-state index in [4.69, 9.17) is 14.2 Å². The predicted octanol–water partition coefficient (Wildman–Crippen LogP) is 1.28. The number of alkyl halides is 2. The summed E-state index contributed by atoms with van der Waals surface area (Å²) in [7, 11) is -6.13. The van der Waals surface area contributed by atoms with Crippen LogP contribution in [-0.2, 0) is 29.1 Å². The van der Waals surface area contributed by atoms with Gasteiger partial charge in [-0.25, -0.2) is 13.2 Å². The zero-order chi connectivity index (χ0) is 18.9. The lowest BCUT2D eigenvalue weighted by atomic mass is 9.49. The first-order chi connectivity index (χ1) is 12.0. The number of hydrogen-bond acceptors (Lipinski definition) is 7. The maximum absolute atomic E-state index is 13.6. The van der Waals surface area contributed by atoms with Crippen molar-refractivity contribution in [2.45, 2.75) is 55.7 Å². The molecule has 1 saturated heterocycles. The molecular formula is C16H21F2O7S-. The summed E-state index contributed by atoms with van der Waals surface area (Å²) in [5.74, 6) is -2.02. The van der Waals surface area contributed by atoms with E-state index in [0.29, 0.717) is 32.0 Å². The normalized spacial score (nSPS) is 44.2. The molecule has 10 heteroatoms. The Morgan fingerprint density at radius 3 is 2.62 bits per heavy atom. The molecule has 0 spiro atoms. The van der Waals surface area contributed by atoms with E-state index in [1.807, 2.05) is 6.92 Å². The second-order valence-corrected chi connectivity index (χ2v) is 9.58. The van der Waals surface area contributed by atoms with Gasteiger partial charge in [-0.3, -0.25) is 0 Å². The number of carbonyl (C=O) groups excluding carboxylic acids is 1. The fourth-order valence-electron chi connectivity index (χ4n) is 5.23. The van der Waals surface area contributed by atoms with Crippen LogP contribution in [0.25, 0.3) is 0 Å². The molecule has 7 nitrogen and oxygen atoms in total. The fraction of sp³-hybridized carbons (Fsp3) is 0.938. The maximum atomic E-state index is 13.6. The molecule has 148 valence electrons. The van der Waals surface area contributed by atoms with Crippen molar-refractivity contribution in [2.75, 3.05) is 13.2 Å². The van der Waals surface area contributed by atoms with Gasteiger partial charge in [0.25, 0.3) is 0 Å². The third-order valence-electron chi connectivity index (χ3n) is 6.61. The van der Waals surface area contributed by atoms with Crippen LogP contribution in [0.5, 0.6) is 0 Å². The summed E-state index contributed by atoms with van der Waals surface area (Å²) in [4.78, 5) is 11.8. The van der Waals surface area contributed by atoms with Crippen LogP contribution < -0.4 is 0 Å². The van der Waals surface area contributed by atoms with Crippen LogP contribution in [0, 0.1) is 23.7 Å².